The van der Waals surface area contributed by atoms with Gasteiger partial charge < -0.3 is 10.2 Å². The van der Waals surface area contributed by atoms with Gasteiger partial charge in [0, 0.05) is 32.2 Å². The van der Waals surface area contributed by atoms with Gasteiger partial charge in [0.05, 0.1) is 5.69 Å². The number of nitrogens with one attached hydrogen (secondary N) is 1. The molecule has 17 heavy (non-hydrogen) atoms. The number of nitrogens with zero attached hydrogens (tertiary/aromatic N) is 3. The maximum absolute atomic E-state index is 11.9. The Balaban J connectivity index is 2.07. The Morgan fingerprint density at radius 1 is 1.41 bits per heavy atom. The van der Waals surface area contributed by atoms with Crippen LogP contribution >= 0.6 is 0 Å². The van der Waals surface area contributed by atoms with Crippen molar-refractivity contribution >= 4 is 5.91 Å². The molecule has 1 amide bonds. The van der Waals surface area contributed by atoms with Gasteiger partial charge in [-0.2, -0.15) is 5.10 Å². The Labute approximate surface area is 99.2 Å². The Bertz CT molecular complexity index is 463. The lowest BCUT2D eigenvalue weighted by molar-refractivity contribution is -0.132. The fourth-order valence-corrected chi connectivity index (χ4v) is 1.81. The van der Waals surface area contributed by atoms with Crippen LogP contribution in [0, 0.1) is 6.92 Å². The normalized spacial score (nSPS) is 15.9. The van der Waals surface area contributed by atoms with Crippen LogP contribution in [0.4, 0.5) is 0 Å². The Morgan fingerprint density at radius 2 is 2.12 bits per heavy atom. The summed E-state index contributed by atoms with van der Waals surface area (Å²) < 4.78 is 1.22. The predicted octanol–water partition coefficient (Wildman–Crippen LogP) is -1.02. The van der Waals surface area contributed by atoms with Crippen molar-refractivity contribution in [3.63, 3.8) is 0 Å². The standard InChI is InChI=1S/C11H16N4O2/c1-9-2-3-10(16)15(13-9)8-11(17)14-6-4-12-5-7-14/h2-3,12H,4-8H2,1H3. The number of aryl methyl sites for hydroxylation is 1. The van der Waals surface area contributed by atoms with E-state index in [2.05, 4.69) is 10.4 Å². The van der Waals surface area contributed by atoms with Gasteiger partial charge in [0.25, 0.3) is 5.56 Å². The average molecular weight is 236 g/mol. The van der Waals surface area contributed by atoms with Crippen LogP contribution in [-0.2, 0) is 11.3 Å². The molecule has 0 aromatic carbocycles. The molecule has 0 bridgehead atoms. The zero-order chi connectivity index (χ0) is 12.3. The minimum Gasteiger partial charge on any atom is -0.339 e. The summed E-state index contributed by atoms with van der Waals surface area (Å²) in [6.07, 6.45) is 0. The number of aromatic nitrogens is 2. The molecule has 1 aliphatic rings. The van der Waals surface area contributed by atoms with Crippen LogP contribution in [0.1, 0.15) is 5.69 Å². The summed E-state index contributed by atoms with van der Waals surface area (Å²) in [5.74, 6) is -0.0494. The summed E-state index contributed by atoms with van der Waals surface area (Å²) in [7, 11) is 0. The van der Waals surface area contributed by atoms with Gasteiger partial charge in [-0.15, -0.1) is 0 Å². The predicted molar refractivity (Wildman–Crippen MR) is 62.7 cm³/mol. The molecule has 1 saturated heterocycles. The molecule has 1 fully saturated rings. The van der Waals surface area contributed by atoms with Crippen LogP contribution in [0.2, 0.25) is 0 Å². The van der Waals surface area contributed by atoms with Crippen LogP contribution in [0.3, 0.4) is 0 Å². The van der Waals surface area contributed by atoms with E-state index in [1.165, 1.54) is 10.7 Å². The second kappa shape index (κ2) is 5.09. The van der Waals surface area contributed by atoms with Crippen molar-refractivity contribution in [2.45, 2.75) is 13.5 Å². The third kappa shape index (κ3) is 2.91. The van der Waals surface area contributed by atoms with Crippen LogP contribution in [-0.4, -0.2) is 46.8 Å². The number of rotatable bonds is 2. The van der Waals surface area contributed by atoms with E-state index in [1.54, 1.807) is 17.9 Å². The Kier molecular flexibility index (Phi) is 3.53. The van der Waals surface area contributed by atoms with Crippen molar-refractivity contribution in [3.05, 3.63) is 28.2 Å². The van der Waals surface area contributed by atoms with Gasteiger partial charge in [0.1, 0.15) is 6.54 Å². The summed E-state index contributed by atoms with van der Waals surface area (Å²) in [6.45, 7) is 4.83. The van der Waals surface area contributed by atoms with E-state index < -0.39 is 0 Å². The van der Waals surface area contributed by atoms with Crippen LogP contribution < -0.4 is 10.9 Å². The number of amides is 1. The number of carbonyl (C=O) groups excluding carboxylic acids is 1. The van der Waals surface area contributed by atoms with E-state index in [1.807, 2.05) is 0 Å². The Hall–Kier alpha value is -1.69. The van der Waals surface area contributed by atoms with Crippen LogP contribution in [0.25, 0.3) is 0 Å². The number of hydrogen-bond donors (Lipinski definition) is 1. The minimum atomic E-state index is -0.237. The zero-order valence-corrected chi connectivity index (χ0v) is 9.85. The monoisotopic (exact) mass is 236 g/mol. The molecule has 2 heterocycles. The SMILES string of the molecule is Cc1ccc(=O)n(CC(=O)N2CCNCC2)n1. The molecule has 0 radical (unpaired) electrons. The van der Waals surface area contributed by atoms with Gasteiger partial charge in [-0.1, -0.05) is 0 Å². The van der Waals surface area contributed by atoms with Crippen LogP contribution in [0.15, 0.2) is 16.9 Å². The molecule has 6 heteroatoms. The van der Waals surface area contributed by atoms with Crippen molar-refractivity contribution < 1.29 is 4.79 Å². The largest absolute Gasteiger partial charge is 0.339 e. The van der Waals surface area contributed by atoms with Crippen LogP contribution in [0.5, 0.6) is 0 Å². The molecule has 1 aromatic heterocycles. The molecular formula is C11H16N4O2. The number of hydrogen-bond acceptors (Lipinski definition) is 4. The first-order chi connectivity index (χ1) is 8.16. The van der Waals surface area contributed by atoms with E-state index in [-0.39, 0.29) is 18.0 Å². The van der Waals surface area contributed by atoms with Crippen molar-refractivity contribution in [1.29, 1.82) is 0 Å². The lowest BCUT2D eigenvalue weighted by atomic mass is 10.3. The highest BCUT2D eigenvalue weighted by Crippen LogP contribution is 1.95. The molecule has 0 unspecified atom stereocenters. The highest BCUT2D eigenvalue weighted by atomic mass is 16.2. The summed E-state index contributed by atoms with van der Waals surface area (Å²) in [4.78, 5) is 25.2. The quantitative estimate of drug-likeness (QED) is 0.714. The van der Waals surface area contributed by atoms with Gasteiger partial charge >= 0.3 is 0 Å². The lowest BCUT2D eigenvalue weighted by Gasteiger charge is -2.27. The molecule has 1 aromatic rings. The van der Waals surface area contributed by atoms with Gasteiger partial charge in [-0.05, 0) is 13.0 Å². The number of carbonyl (C=O) groups is 1. The summed E-state index contributed by atoms with van der Waals surface area (Å²) >= 11 is 0. The first-order valence-electron chi connectivity index (χ1n) is 5.70. The molecule has 6 nitrogen and oxygen atoms in total. The molecular weight excluding hydrogens is 220 g/mol. The molecule has 2 rings (SSSR count). The molecule has 0 spiro atoms. The molecule has 1 N–H and O–H groups in total. The van der Waals surface area contributed by atoms with Crippen molar-refractivity contribution in [2.24, 2.45) is 0 Å². The van der Waals surface area contributed by atoms with E-state index >= 15 is 0 Å². The first kappa shape index (κ1) is 11.8. The zero-order valence-electron chi connectivity index (χ0n) is 9.85. The number of piperazine rings is 1. The third-order valence-electron chi connectivity index (χ3n) is 2.75. The fourth-order valence-electron chi connectivity index (χ4n) is 1.81. The minimum absolute atomic E-state index is 0.0283. The van der Waals surface area contributed by atoms with Gasteiger partial charge in [0.15, 0.2) is 0 Å². The van der Waals surface area contributed by atoms with E-state index in [4.69, 9.17) is 0 Å². The lowest BCUT2D eigenvalue weighted by Crippen LogP contribution is -2.48. The van der Waals surface area contributed by atoms with E-state index in [0.29, 0.717) is 13.1 Å². The highest BCUT2D eigenvalue weighted by molar-refractivity contribution is 5.76. The molecule has 0 aliphatic carbocycles. The van der Waals surface area contributed by atoms with Crippen molar-refractivity contribution in [2.75, 3.05) is 26.2 Å². The van der Waals surface area contributed by atoms with Gasteiger partial charge in [-0.3, -0.25) is 9.59 Å². The van der Waals surface area contributed by atoms with Gasteiger partial charge in [-0.25, -0.2) is 4.68 Å². The first-order valence-corrected chi connectivity index (χ1v) is 5.70. The highest BCUT2D eigenvalue weighted by Gasteiger charge is 2.17. The second-order valence-electron chi connectivity index (χ2n) is 4.10. The molecule has 0 saturated carbocycles. The summed E-state index contributed by atoms with van der Waals surface area (Å²) in [5, 5.41) is 7.22. The topological polar surface area (TPSA) is 67.2 Å². The molecule has 1 aliphatic heterocycles. The van der Waals surface area contributed by atoms with Crippen molar-refractivity contribution in [3.8, 4) is 0 Å². The molecule has 92 valence electrons. The van der Waals surface area contributed by atoms with E-state index in [9.17, 15) is 9.59 Å². The second-order valence-corrected chi connectivity index (χ2v) is 4.10. The molecule has 0 atom stereocenters. The van der Waals surface area contributed by atoms with Gasteiger partial charge in [0.2, 0.25) is 5.91 Å². The summed E-state index contributed by atoms with van der Waals surface area (Å²) in [5.41, 5.74) is 0.497. The maximum atomic E-state index is 11.9. The maximum Gasteiger partial charge on any atom is 0.267 e. The Morgan fingerprint density at radius 3 is 2.82 bits per heavy atom. The average Bonchev–Trinajstić information content (AvgIpc) is 2.35. The fraction of sp³-hybridized carbons (Fsp3) is 0.545. The smallest absolute Gasteiger partial charge is 0.267 e. The van der Waals surface area contributed by atoms with Crippen molar-refractivity contribution in [1.82, 2.24) is 20.0 Å². The summed E-state index contributed by atoms with van der Waals surface area (Å²) in [6, 6.07) is 3.08. The van der Waals surface area contributed by atoms with E-state index in [0.717, 1.165) is 18.8 Å². The third-order valence-corrected chi connectivity index (χ3v) is 2.75.